The third-order valence-electron chi connectivity index (χ3n) is 3.11. The van der Waals surface area contributed by atoms with Crippen molar-refractivity contribution in [1.82, 2.24) is 0 Å². The molecule has 0 saturated heterocycles. The van der Waals surface area contributed by atoms with Crippen LogP contribution in [0.4, 0.5) is 0 Å². The molecule has 1 aromatic rings. The van der Waals surface area contributed by atoms with Gasteiger partial charge in [0.2, 0.25) is 0 Å². The number of nitrogens with two attached hydrogens (primary N) is 1. The molecule has 16 heavy (non-hydrogen) atoms. The van der Waals surface area contributed by atoms with E-state index in [1.54, 1.807) is 0 Å². The highest BCUT2D eigenvalue weighted by Gasteiger charge is 2.12. The number of hydrogen-bond donors (Lipinski definition) is 2. The molecule has 0 saturated carbocycles. The van der Waals surface area contributed by atoms with E-state index in [1.165, 1.54) is 5.57 Å². The van der Waals surface area contributed by atoms with E-state index < -0.39 is 6.23 Å². The first kappa shape index (κ1) is 11.3. The van der Waals surface area contributed by atoms with Crippen molar-refractivity contribution in [3.05, 3.63) is 33.8 Å². The molecule has 0 radical (unpaired) electrons. The van der Waals surface area contributed by atoms with Gasteiger partial charge in [-0.15, -0.1) is 0 Å². The maximum atomic E-state index is 9.58. The first-order valence-electron chi connectivity index (χ1n) is 5.61. The smallest absolute Gasteiger partial charge is 0.149 e. The summed E-state index contributed by atoms with van der Waals surface area (Å²) in [6.07, 6.45) is 0.0297. The minimum Gasteiger partial charge on any atom is -0.371 e. The Bertz CT molecular complexity index is 532. The molecule has 0 fully saturated rings. The van der Waals surface area contributed by atoms with Crippen LogP contribution in [0, 0.1) is 6.92 Å². The van der Waals surface area contributed by atoms with Crippen LogP contribution >= 0.6 is 0 Å². The van der Waals surface area contributed by atoms with Gasteiger partial charge < -0.3 is 10.8 Å². The summed E-state index contributed by atoms with van der Waals surface area (Å²) in [5.74, 6) is 0. The van der Waals surface area contributed by atoms with Gasteiger partial charge in [0, 0.05) is 12.5 Å². The number of fused-ring (bicyclic) bond motifs is 1. The molecule has 3 heteroatoms. The summed E-state index contributed by atoms with van der Waals surface area (Å²) < 4.78 is 0. The lowest BCUT2D eigenvalue weighted by Gasteiger charge is -2.15. The highest BCUT2D eigenvalue weighted by molar-refractivity contribution is 5.46. The molecule has 3 N–H and O–H groups in total. The number of benzene rings is 1. The molecule has 0 aromatic heterocycles. The van der Waals surface area contributed by atoms with Crippen molar-refractivity contribution in [2.75, 3.05) is 0 Å². The van der Waals surface area contributed by atoms with Crippen molar-refractivity contribution in [2.45, 2.75) is 39.5 Å². The highest BCUT2D eigenvalue weighted by Crippen LogP contribution is 2.13. The standard InChI is InChI=1S/C13H18N2O/c1-7-4-12-11(6-10(7)9(3)14)8(2)5-13(16)15-12/h4,6,9,13,16H,5,14H2,1-3H3. The van der Waals surface area contributed by atoms with Gasteiger partial charge in [0.25, 0.3) is 0 Å². The van der Waals surface area contributed by atoms with Crippen molar-refractivity contribution >= 4 is 5.57 Å². The summed E-state index contributed by atoms with van der Waals surface area (Å²) in [4.78, 5) is 4.25. The van der Waals surface area contributed by atoms with Crippen LogP contribution in [-0.4, -0.2) is 11.3 Å². The van der Waals surface area contributed by atoms with Crippen LogP contribution in [0.25, 0.3) is 5.57 Å². The fourth-order valence-electron chi connectivity index (χ4n) is 2.24. The Balaban J connectivity index is 2.76. The van der Waals surface area contributed by atoms with E-state index in [1.807, 2.05) is 26.8 Å². The Labute approximate surface area is 95.3 Å². The Hall–Kier alpha value is -1.19. The first-order valence-corrected chi connectivity index (χ1v) is 5.61. The summed E-state index contributed by atoms with van der Waals surface area (Å²) in [7, 11) is 0. The predicted molar refractivity (Wildman–Crippen MR) is 64.3 cm³/mol. The summed E-state index contributed by atoms with van der Waals surface area (Å²) >= 11 is 0. The van der Waals surface area contributed by atoms with Crippen LogP contribution in [0.2, 0.25) is 0 Å². The fraction of sp³-hybridized carbons (Fsp3) is 0.462. The first-order chi connectivity index (χ1) is 7.49. The number of aryl methyl sites for hydroxylation is 1. The van der Waals surface area contributed by atoms with Crippen LogP contribution in [0.5, 0.6) is 0 Å². The van der Waals surface area contributed by atoms with Gasteiger partial charge in [-0.2, -0.15) is 0 Å². The second-order valence-electron chi connectivity index (χ2n) is 4.61. The van der Waals surface area contributed by atoms with Gasteiger partial charge in [-0.1, -0.05) is 5.57 Å². The van der Waals surface area contributed by atoms with E-state index >= 15 is 0 Å². The van der Waals surface area contributed by atoms with Crippen LogP contribution in [0.15, 0.2) is 17.1 Å². The van der Waals surface area contributed by atoms with Gasteiger partial charge in [0.05, 0.1) is 5.36 Å². The maximum absolute atomic E-state index is 9.58. The lowest BCUT2D eigenvalue weighted by molar-refractivity contribution is 0.183. The summed E-state index contributed by atoms with van der Waals surface area (Å²) in [6, 6.07) is 4.16. The molecule has 2 rings (SSSR count). The molecule has 1 aliphatic rings. The quantitative estimate of drug-likeness (QED) is 0.722. The molecule has 0 amide bonds. The molecular weight excluding hydrogens is 200 g/mol. The number of hydrogen-bond acceptors (Lipinski definition) is 3. The summed E-state index contributed by atoms with van der Waals surface area (Å²) in [6.45, 7) is 6.06. The highest BCUT2D eigenvalue weighted by atomic mass is 16.3. The molecule has 86 valence electrons. The lowest BCUT2D eigenvalue weighted by atomic mass is 9.98. The van der Waals surface area contributed by atoms with Gasteiger partial charge in [-0.3, -0.25) is 4.99 Å². The Morgan fingerprint density at radius 2 is 2.12 bits per heavy atom. The number of aliphatic hydroxyl groups excluding tert-OH is 1. The van der Waals surface area contributed by atoms with E-state index in [-0.39, 0.29) is 6.04 Å². The van der Waals surface area contributed by atoms with Crippen molar-refractivity contribution < 1.29 is 5.11 Å². The molecule has 0 aliphatic carbocycles. The molecule has 1 heterocycles. The Morgan fingerprint density at radius 3 is 2.75 bits per heavy atom. The summed E-state index contributed by atoms with van der Waals surface area (Å²) in [5, 5.41) is 11.6. The van der Waals surface area contributed by atoms with Crippen LogP contribution in [0.3, 0.4) is 0 Å². The second kappa shape index (κ2) is 4.00. The zero-order chi connectivity index (χ0) is 11.9. The number of rotatable bonds is 1. The predicted octanol–water partition coefficient (Wildman–Crippen LogP) is 0.527. The van der Waals surface area contributed by atoms with Crippen molar-refractivity contribution in [3.63, 3.8) is 0 Å². The van der Waals surface area contributed by atoms with E-state index in [2.05, 4.69) is 11.1 Å². The topological polar surface area (TPSA) is 58.6 Å². The zero-order valence-corrected chi connectivity index (χ0v) is 9.99. The largest absolute Gasteiger partial charge is 0.371 e. The summed E-state index contributed by atoms with van der Waals surface area (Å²) in [5.41, 5.74) is 9.41. The average Bonchev–Trinajstić information content (AvgIpc) is 2.15. The van der Waals surface area contributed by atoms with Crippen LogP contribution in [0.1, 0.15) is 37.4 Å². The van der Waals surface area contributed by atoms with Crippen molar-refractivity contribution in [2.24, 2.45) is 10.7 Å². The second-order valence-corrected chi connectivity index (χ2v) is 4.61. The molecule has 0 bridgehead atoms. The Kier molecular flexibility index (Phi) is 2.82. The third kappa shape index (κ3) is 1.88. The molecule has 2 atom stereocenters. The van der Waals surface area contributed by atoms with Crippen LogP contribution < -0.4 is 16.3 Å². The van der Waals surface area contributed by atoms with Gasteiger partial charge in [-0.05, 0) is 49.2 Å². The minimum atomic E-state index is -0.590. The van der Waals surface area contributed by atoms with Crippen molar-refractivity contribution in [3.8, 4) is 0 Å². The molecular formula is C13H18N2O. The zero-order valence-electron chi connectivity index (χ0n) is 9.99. The monoisotopic (exact) mass is 218 g/mol. The Morgan fingerprint density at radius 1 is 1.44 bits per heavy atom. The SMILES string of the molecule is CC1=c2cc(C(C)N)c(C)cc2=NC(O)C1. The lowest BCUT2D eigenvalue weighted by Crippen LogP contribution is -2.35. The van der Waals surface area contributed by atoms with E-state index in [0.717, 1.165) is 21.7 Å². The van der Waals surface area contributed by atoms with E-state index in [4.69, 9.17) is 5.73 Å². The number of nitrogens with zero attached hydrogens (tertiary/aromatic N) is 1. The molecule has 2 unspecified atom stereocenters. The molecule has 3 nitrogen and oxygen atoms in total. The van der Waals surface area contributed by atoms with Gasteiger partial charge in [0.1, 0.15) is 6.23 Å². The van der Waals surface area contributed by atoms with Gasteiger partial charge in [0.15, 0.2) is 0 Å². The minimum absolute atomic E-state index is 0.0324. The molecule has 0 spiro atoms. The molecule has 1 aromatic carbocycles. The molecule has 1 aliphatic heterocycles. The van der Waals surface area contributed by atoms with E-state index in [0.29, 0.717) is 6.42 Å². The third-order valence-corrected chi connectivity index (χ3v) is 3.11. The average molecular weight is 218 g/mol. The normalized spacial score (nSPS) is 21.3. The maximum Gasteiger partial charge on any atom is 0.149 e. The van der Waals surface area contributed by atoms with Crippen molar-refractivity contribution in [1.29, 1.82) is 0 Å². The van der Waals surface area contributed by atoms with Gasteiger partial charge in [-0.25, -0.2) is 0 Å². The fourth-order valence-corrected chi connectivity index (χ4v) is 2.24. The number of aliphatic hydroxyl groups is 1. The van der Waals surface area contributed by atoms with E-state index in [9.17, 15) is 5.11 Å². The van der Waals surface area contributed by atoms with Crippen LogP contribution in [-0.2, 0) is 0 Å². The van der Waals surface area contributed by atoms with Gasteiger partial charge >= 0.3 is 0 Å².